The van der Waals surface area contributed by atoms with Gasteiger partial charge in [0, 0.05) is 0 Å². The van der Waals surface area contributed by atoms with E-state index in [0.717, 1.165) is 7.11 Å². The zero-order chi connectivity index (χ0) is 11.6. The third kappa shape index (κ3) is 1.90. The number of nitrogens with zero attached hydrogens (tertiary/aromatic N) is 2. The molecule has 1 N–H and O–H groups in total. The Morgan fingerprint density at radius 3 is 2.53 bits per heavy atom. The average Bonchev–Trinajstić information content (AvgIpc) is 2.65. The van der Waals surface area contributed by atoms with Crippen LogP contribution in [-0.4, -0.2) is 34.9 Å². The minimum Gasteiger partial charge on any atom is -0.464 e. The van der Waals surface area contributed by atoms with E-state index in [1.807, 2.05) is 0 Å². The van der Waals surface area contributed by atoms with Gasteiger partial charge in [0.2, 0.25) is 0 Å². The number of hydrogen-bond acceptors (Lipinski definition) is 4. The van der Waals surface area contributed by atoms with Gasteiger partial charge in [-0.3, -0.25) is 0 Å². The second-order valence-electron chi connectivity index (χ2n) is 2.44. The fourth-order valence-corrected chi connectivity index (χ4v) is 0.806. The van der Waals surface area contributed by atoms with Gasteiger partial charge in [-0.25, -0.2) is 13.6 Å². The van der Waals surface area contributed by atoms with Crippen LogP contribution in [0, 0.1) is 0 Å². The Balaban J connectivity index is 3.15. The summed E-state index contributed by atoms with van der Waals surface area (Å²) in [6.45, 7) is 0. The highest BCUT2D eigenvalue weighted by molar-refractivity contribution is 5.88. The molecule has 1 aromatic rings. The van der Waals surface area contributed by atoms with Crippen LogP contribution in [0.15, 0.2) is 0 Å². The number of H-pyrrole nitrogens is 1. The Labute approximate surface area is 80.4 Å². The predicted octanol–water partition coefficient (Wildman–Crippen LogP) is 0.948. The number of carbonyl (C=O) groups is 1. The number of rotatable bonds is 3. The standard InChI is InChI=1S/C6H5F4N3O2/c1-15-4(14)2-3(12-13-11-2)6(9,10)5(7)8/h5H,1H3,(H,11,12,13). The summed E-state index contributed by atoms with van der Waals surface area (Å²) in [5, 5.41) is 7.48. The Morgan fingerprint density at radius 1 is 1.47 bits per heavy atom. The summed E-state index contributed by atoms with van der Waals surface area (Å²) in [6, 6.07) is 0. The third-order valence-corrected chi connectivity index (χ3v) is 1.52. The lowest BCUT2D eigenvalue weighted by Crippen LogP contribution is -2.26. The van der Waals surface area contributed by atoms with Crippen LogP contribution in [0.4, 0.5) is 17.6 Å². The first-order valence-electron chi connectivity index (χ1n) is 3.56. The van der Waals surface area contributed by atoms with Crippen LogP contribution in [0.1, 0.15) is 16.2 Å². The number of methoxy groups -OCH3 is 1. The maximum atomic E-state index is 12.8. The van der Waals surface area contributed by atoms with Crippen LogP contribution in [0.2, 0.25) is 0 Å². The van der Waals surface area contributed by atoms with Crippen molar-refractivity contribution in [2.45, 2.75) is 12.3 Å². The largest absolute Gasteiger partial charge is 0.464 e. The summed E-state index contributed by atoms with van der Waals surface area (Å²) in [6.07, 6.45) is -3.98. The monoisotopic (exact) mass is 227 g/mol. The predicted molar refractivity (Wildman–Crippen MR) is 37.6 cm³/mol. The molecule has 9 heteroatoms. The normalized spacial score (nSPS) is 11.9. The van der Waals surface area contributed by atoms with E-state index < -0.39 is 29.7 Å². The molecular formula is C6H5F4N3O2. The summed E-state index contributed by atoms with van der Waals surface area (Å²) in [7, 11) is 0.904. The first kappa shape index (κ1) is 11.4. The summed E-state index contributed by atoms with van der Waals surface area (Å²) in [5.41, 5.74) is -2.38. The molecule has 0 bridgehead atoms. The second kappa shape index (κ2) is 3.83. The van der Waals surface area contributed by atoms with Crippen molar-refractivity contribution in [3.8, 4) is 0 Å². The van der Waals surface area contributed by atoms with Gasteiger partial charge in [-0.05, 0) is 0 Å². The number of aromatic amines is 1. The maximum Gasteiger partial charge on any atom is 0.360 e. The average molecular weight is 227 g/mol. The van der Waals surface area contributed by atoms with Crippen molar-refractivity contribution in [2.24, 2.45) is 0 Å². The van der Waals surface area contributed by atoms with Crippen molar-refractivity contribution in [1.29, 1.82) is 0 Å². The van der Waals surface area contributed by atoms with E-state index in [0.29, 0.717) is 0 Å². The van der Waals surface area contributed by atoms with Crippen molar-refractivity contribution < 1.29 is 27.1 Å². The zero-order valence-electron chi connectivity index (χ0n) is 7.30. The molecule has 0 aliphatic carbocycles. The number of ether oxygens (including phenoxy) is 1. The van der Waals surface area contributed by atoms with Gasteiger partial charge in [0.15, 0.2) is 11.4 Å². The molecule has 1 heterocycles. The molecule has 0 saturated heterocycles. The number of halogens is 4. The molecule has 84 valence electrons. The van der Waals surface area contributed by atoms with Gasteiger partial charge < -0.3 is 4.74 Å². The van der Waals surface area contributed by atoms with Crippen LogP contribution in [0.25, 0.3) is 0 Å². The van der Waals surface area contributed by atoms with Crippen LogP contribution in [0.5, 0.6) is 0 Å². The maximum absolute atomic E-state index is 12.8. The zero-order valence-corrected chi connectivity index (χ0v) is 7.30. The minimum atomic E-state index is -4.55. The topological polar surface area (TPSA) is 67.9 Å². The fraction of sp³-hybridized carbons (Fsp3) is 0.500. The van der Waals surface area contributed by atoms with Crippen molar-refractivity contribution in [2.75, 3.05) is 7.11 Å². The molecule has 0 amide bonds. The van der Waals surface area contributed by atoms with E-state index in [9.17, 15) is 22.4 Å². The highest BCUT2D eigenvalue weighted by Gasteiger charge is 2.48. The molecule has 0 fully saturated rings. The van der Waals surface area contributed by atoms with Crippen molar-refractivity contribution in [1.82, 2.24) is 15.4 Å². The number of alkyl halides is 4. The fourth-order valence-electron chi connectivity index (χ4n) is 0.806. The number of aromatic nitrogens is 3. The van der Waals surface area contributed by atoms with Crippen LogP contribution in [-0.2, 0) is 10.7 Å². The first-order chi connectivity index (χ1) is 6.91. The lowest BCUT2D eigenvalue weighted by atomic mass is 10.2. The Hall–Kier alpha value is -1.67. The molecule has 5 nitrogen and oxygen atoms in total. The number of carbonyl (C=O) groups excluding carboxylic acids is 1. The van der Waals surface area contributed by atoms with Gasteiger partial charge in [-0.2, -0.15) is 19.1 Å². The van der Waals surface area contributed by atoms with Crippen LogP contribution >= 0.6 is 0 Å². The Bertz CT molecular complexity index is 365. The molecule has 0 saturated carbocycles. The van der Waals surface area contributed by atoms with Crippen LogP contribution in [0.3, 0.4) is 0 Å². The first-order valence-corrected chi connectivity index (χ1v) is 3.56. The summed E-state index contributed by atoms with van der Waals surface area (Å²) in [4.78, 5) is 10.8. The molecule has 0 aliphatic rings. The Kier molecular flexibility index (Phi) is 2.91. The van der Waals surface area contributed by atoms with Crippen molar-refractivity contribution >= 4 is 5.97 Å². The molecular weight excluding hydrogens is 222 g/mol. The van der Waals surface area contributed by atoms with Gasteiger partial charge in [-0.1, -0.05) is 0 Å². The minimum absolute atomic E-state index is 0.904. The number of hydrogen-bond donors (Lipinski definition) is 1. The molecule has 0 aromatic carbocycles. The van der Waals surface area contributed by atoms with E-state index in [1.165, 1.54) is 0 Å². The molecule has 0 atom stereocenters. The third-order valence-electron chi connectivity index (χ3n) is 1.52. The van der Waals surface area contributed by atoms with E-state index in [1.54, 1.807) is 5.21 Å². The Morgan fingerprint density at radius 2 is 2.07 bits per heavy atom. The summed E-state index contributed by atoms with van der Waals surface area (Å²) < 4.78 is 53.5. The number of nitrogens with one attached hydrogen (secondary N) is 1. The summed E-state index contributed by atoms with van der Waals surface area (Å²) >= 11 is 0. The number of esters is 1. The molecule has 15 heavy (non-hydrogen) atoms. The van der Waals surface area contributed by atoms with Gasteiger partial charge in [0.25, 0.3) is 0 Å². The van der Waals surface area contributed by atoms with E-state index >= 15 is 0 Å². The SMILES string of the molecule is COC(=O)c1n[nH]nc1C(F)(F)C(F)F. The van der Waals surface area contributed by atoms with E-state index in [-0.39, 0.29) is 0 Å². The molecule has 0 unspecified atom stereocenters. The molecule has 1 rings (SSSR count). The lowest BCUT2D eigenvalue weighted by molar-refractivity contribution is -0.138. The molecule has 0 aliphatic heterocycles. The molecule has 1 aromatic heterocycles. The lowest BCUT2D eigenvalue weighted by Gasteiger charge is -2.12. The van der Waals surface area contributed by atoms with Crippen LogP contribution < -0.4 is 0 Å². The highest BCUT2D eigenvalue weighted by atomic mass is 19.3. The van der Waals surface area contributed by atoms with Crippen molar-refractivity contribution in [3.63, 3.8) is 0 Å². The smallest absolute Gasteiger partial charge is 0.360 e. The summed E-state index contributed by atoms with van der Waals surface area (Å²) in [5.74, 6) is -5.81. The van der Waals surface area contributed by atoms with Gasteiger partial charge >= 0.3 is 18.3 Å². The highest BCUT2D eigenvalue weighted by Crippen LogP contribution is 2.34. The quantitative estimate of drug-likeness (QED) is 0.616. The van der Waals surface area contributed by atoms with Gasteiger partial charge in [-0.15, -0.1) is 5.10 Å². The van der Waals surface area contributed by atoms with Gasteiger partial charge in [0.05, 0.1) is 7.11 Å². The van der Waals surface area contributed by atoms with Gasteiger partial charge in [0.1, 0.15) is 0 Å². The van der Waals surface area contributed by atoms with E-state index in [2.05, 4.69) is 14.9 Å². The molecule has 0 radical (unpaired) electrons. The van der Waals surface area contributed by atoms with Crippen molar-refractivity contribution in [3.05, 3.63) is 11.4 Å². The second-order valence-corrected chi connectivity index (χ2v) is 2.44. The van der Waals surface area contributed by atoms with E-state index in [4.69, 9.17) is 0 Å². The molecule has 0 spiro atoms.